The molecule has 1 atom stereocenters. The molecule has 2 fully saturated rings. The average Bonchev–Trinajstić information content (AvgIpc) is 2.77. The van der Waals surface area contributed by atoms with Crippen LogP contribution in [0.15, 0.2) is 33.9 Å². The fourth-order valence-corrected chi connectivity index (χ4v) is 4.05. The normalized spacial score (nSPS) is 19.3. The first kappa shape index (κ1) is 20.8. The first-order valence-corrected chi connectivity index (χ1v) is 10.3. The summed E-state index contributed by atoms with van der Waals surface area (Å²) < 4.78 is 18.4. The maximum Gasteiger partial charge on any atom is 0.253 e. The fourth-order valence-electron chi connectivity index (χ4n) is 4.05. The Labute approximate surface area is 174 Å². The van der Waals surface area contributed by atoms with E-state index in [9.17, 15) is 19.1 Å². The standard InChI is InChI=1S/C21H27FN4O4/c22-15-1-3-16(4-2-15)25-5-7-26(8-6-25)19-18(20(28)21(19)29)23-13-17(27)14-24-9-11-30-12-10-24/h1-4,17,23,27H,5-14H2/t17-/m0/s1. The third kappa shape index (κ3) is 4.48. The molecule has 0 aromatic heterocycles. The predicted octanol–water partition coefficient (Wildman–Crippen LogP) is -0.147. The average molecular weight is 418 g/mol. The first-order valence-electron chi connectivity index (χ1n) is 10.3. The number of aliphatic hydroxyl groups is 1. The lowest BCUT2D eigenvalue weighted by atomic mass is 10.1. The molecule has 0 aliphatic carbocycles. The van der Waals surface area contributed by atoms with Crippen molar-refractivity contribution in [3.8, 4) is 0 Å². The van der Waals surface area contributed by atoms with Gasteiger partial charge in [-0.1, -0.05) is 0 Å². The summed E-state index contributed by atoms with van der Waals surface area (Å²) in [6.45, 7) is 6.11. The number of piperazine rings is 1. The van der Waals surface area contributed by atoms with Gasteiger partial charge in [0.1, 0.15) is 17.2 Å². The summed E-state index contributed by atoms with van der Waals surface area (Å²) in [5, 5.41) is 13.3. The van der Waals surface area contributed by atoms with Crippen molar-refractivity contribution in [2.24, 2.45) is 0 Å². The number of nitrogens with zero attached hydrogens (tertiary/aromatic N) is 3. The van der Waals surface area contributed by atoms with Gasteiger partial charge in [0.05, 0.1) is 19.3 Å². The fraction of sp³-hybridized carbons (Fsp3) is 0.524. The van der Waals surface area contributed by atoms with Gasteiger partial charge in [-0.05, 0) is 24.3 Å². The zero-order valence-corrected chi connectivity index (χ0v) is 16.8. The number of rotatable bonds is 7. The summed E-state index contributed by atoms with van der Waals surface area (Å²) in [5.74, 6) is -0.271. The van der Waals surface area contributed by atoms with E-state index in [1.54, 1.807) is 12.1 Å². The van der Waals surface area contributed by atoms with E-state index in [0.29, 0.717) is 57.3 Å². The van der Waals surface area contributed by atoms with E-state index in [1.165, 1.54) is 12.1 Å². The van der Waals surface area contributed by atoms with E-state index in [2.05, 4.69) is 15.1 Å². The number of β-amino-alcohol motifs (C(OH)–C–C–N with tert-alkyl or cyclic N) is 1. The summed E-state index contributed by atoms with van der Waals surface area (Å²) in [4.78, 5) is 30.4. The molecule has 2 aromatic rings. The number of ether oxygens (including phenoxy) is 1. The van der Waals surface area contributed by atoms with Crippen LogP contribution in [0.25, 0.3) is 0 Å². The lowest BCUT2D eigenvalue weighted by Crippen LogP contribution is -2.52. The third-order valence-corrected chi connectivity index (χ3v) is 5.76. The van der Waals surface area contributed by atoms with Crippen molar-refractivity contribution >= 4 is 17.1 Å². The van der Waals surface area contributed by atoms with Gasteiger partial charge in [0, 0.05) is 58.0 Å². The molecule has 0 bridgehead atoms. The summed E-state index contributed by atoms with van der Waals surface area (Å²) in [5.41, 5.74) is 0.652. The van der Waals surface area contributed by atoms with Crippen LogP contribution in [-0.2, 0) is 4.74 Å². The van der Waals surface area contributed by atoms with Gasteiger partial charge >= 0.3 is 0 Å². The molecule has 2 heterocycles. The largest absolute Gasteiger partial charge is 0.390 e. The van der Waals surface area contributed by atoms with Crippen LogP contribution in [0.2, 0.25) is 0 Å². The molecule has 2 N–H and O–H groups in total. The molecular formula is C21H27FN4O4. The molecule has 0 radical (unpaired) electrons. The Kier molecular flexibility index (Phi) is 6.31. The lowest BCUT2D eigenvalue weighted by molar-refractivity contribution is 0.0171. The Morgan fingerprint density at radius 3 is 2.27 bits per heavy atom. The molecule has 4 rings (SSSR count). The van der Waals surface area contributed by atoms with Crippen LogP contribution in [0.5, 0.6) is 0 Å². The molecule has 162 valence electrons. The molecule has 9 heteroatoms. The molecular weight excluding hydrogens is 391 g/mol. The van der Waals surface area contributed by atoms with Crippen molar-refractivity contribution in [3.05, 3.63) is 50.5 Å². The summed E-state index contributed by atoms with van der Waals surface area (Å²) in [6, 6.07) is 6.35. The molecule has 0 unspecified atom stereocenters. The number of morpholine rings is 1. The highest BCUT2D eigenvalue weighted by molar-refractivity contribution is 5.75. The molecule has 2 aromatic carbocycles. The zero-order chi connectivity index (χ0) is 21.1. The van der Waals surface area contributed by atoms with Gasteiger partial charge in [-0.2, -0.15) is 0 Å². The number of halogens is 1. The summed E-state index contributed by atoms with van der Waals surface area (Å²) in [7, 11) is 0. The molecule has 0 saturated carbocycles. The molecule has 0 spiro atoms. The molecule has 2 saturated heterocycles. The van der Waals surface area contributed by atoms with Gasteiger partial charge in [0.2, 0.25) is 0 Å². The van der Waals surface area contributed by atoms with Crippen LogP contribution >= 0.6 is 0 Å². The number of nitrogens with one attached hydrogen (secondary N) is 1. The minimum Gasteiger partial charge on any atom is -0.390 e. The van der Waals surface area contributed by atoms with E-state index >= 15 is 0 Å². The second-order valence-corrected chi connectivity index (χ2v) is 7.78. The Morgan fingerprint density at radius 2 is 1.60 bits per heavy atom. The number of aliphatic hydroxyl groups excluding tert-OH is 1. The minimum absolute atomic E-state index is 0.213. The highest BCUT2D eigenvalue weighted by atomic mass is 19.1. The maximum atomic E-state index is 13.1. The second-order valence-electron chi connectivity index (χ2n) is 7.78. The van der Waals surface area contributed by atoms with Crippen molar-refractivity contribution < 1.29 is 14.2 Å². The van der Waals surface area contributed by atoms with Gasteiger partial charge in [-0.25, -0.2) is 4.39 Å². The summed E-state index contributed by atoms with van der Waals surface area (Å²) >= 11 is 0. The quantitative estimate of drug-likeness (QED) is 0.601. The van der Waals surface area contributed by atoms with Crippen LogP contribution in [0.1, 0.15) is 0 Å². The van der Waals surface area contributed by atoms with E-state index in [4.69, 9.17) is 4.74 Å². The number of hydrogen-bond donors (Lipinski definition) is 2. The lowest BCUT2D eigenvalue weighted by Gasteiger charge is -2.38. The van der Waals surface area contributed by atoms with Gasteiger partial charge in [0.25, 0.3) is 10.9 Å². The number of anilines is 3. The molecule has 0 amide bonds. The van der Waals surface area contributed by atoms with Gasteiger partial charge < -0.3 is 25.0 Å². The van der Waals surface area contributed by atoms with Gasteiger partial charge in [0.15, 0.2) is 0 Å². The van der Waals surface area contributed by atoms with Crippen LogP contribution in [0.4, 0.5) is 21.5 Å². The van der Waals surface area contributed by atoms with E-state index in [-0.39, 0.29) is 12.4 Å². The second kappa shape index (κ2) is 9.11. The SMILES string of the molecule is O=c1c(NC[C@H](O)CN2CCOCC2)c(N2CCN(c3ccc(F)cc3)CC2)c1=O. The van der Waals surface area contributed by atoms with Crippen molar-refractivity contribution in [1.29, 1.82) is 0 Å². The van der Waals surface area contributed by atoms with E-state index in [0.717, 1.165) is 18.8 Å². The van der Waals surface area contributed by atoms with E-state index < -0.39 is 17.0 Å². The Bertz CT molecular complexity index is 914. The molecule has 30 heavy (non-hydrogen) atoms. The van der Waals surface area contributed by atoms with Crippen molar-refractivity contribution in [3.63, 3.8) is 0 Å². The van der Waals surface area contributed by atoms with Crippen molar-refractivity contribution in [2.45, 2.75) is 6.10 Å². The maximum absolute atomic E-state index is 13.1. The van der Waals surface area contributed by atoms with Crippen LogP contribution < -0.4 is 26.0 Å². The molecule has 8 nitrogen and oxygen atoms in total. The number of benzene rings is 1. The minimum atomic E-state index is -0.643. The monoisotopic (exact) mass is 418 g/mol. The van der Waals surface area contributed by atoms with Crippen molar-refractivity contribution in [2.75, 3.05) is 80.7 Å². The highest BCUT2D eigenvalue weighted by Gasteiger charge is 2.29. The van der Waals surface area contributed by atoms with Crippen molar-refractivity contribution in [1.82, 2.24) is 4.90 Å². The van der Waals surface area contributed by atoms with Crippen LogP contribution in [0, 0.1) is 5.82 Å². The third-order valence-electron chi connectivity index (χ3n) is 5.76. The Hall–Kier alpha value is -2.49. The first-order chi connectivity index (χ1) is 14.5. The smallest absolute Gasteiger partial charge is 0.253 e. The van der Waals surface area contributed by atoms with Gasteiger partial charge in [-0.15, -0.1) is 0 Å². The predicted molar refractivity (Wildman–Crippen MR) is 114 cm³/mol. The topological polar surface area (TPSA) is 85.3 Å². The number of hydrogen-bond acceptors (Lipinski definition) is 8. The van der Waals surface area contributed by atoms with Crippen LogP contribution in [-0.4, -0.2) is 81.7 Å². The highest BCUT2D eigenvalue weighted by Crippen LogP contribution is 2.24. The Morgan fingerprint density at radius 1 is 0.967 bits per heavy atom. The molecule has 2 aliphatic heterocycles. The van der Waals surface area contributed by atoms with Crippen LogP contribution in [0.3, 0.4) is 0 Å². The zero-order valence-electron chi connectivity index (χ0n) is 16.8. The Balaban J connectivity index is 1.32. The molecule has 2 aliphatic rings. The summed E-state index contributed by atoms with van der Waals surface area (Å²) in [6.07, 6.45) is -0.643. The van der Waals surface area contributed by atoms with Gasteiger partial charge in [-0.3, -0.25) is 14.5 Å². The van der Waals surface area contributed by atoms with E-state index in [1.807, 2.05) is 4.90 Å².